The van der Waals surface area contributed by atoms with E-state index in [1.54, 1.807) is 17.5 Å². The second-order valence-corrected chi connectivity index (χ2v) is 4.83. The minimum atomic E-state index is 0.343. The van der Waals surface area contributed by atoms with E-state index in [4.69, 9.17) is 10.3 Å². The maximum absolute atomic E-state index is 5.88. The summed E-state index contributed by atoms with van der Waals surface area (Å²) in [6, 6.07) is 7.83. The molecule has 0 amide bonds. The average molecular weight is 257 g/mol. The summed E-state index contributed by atoms with van der Waals surface area (Å²) in [5, 5.41) is 6.07. The van der Waals surface area contributed by atoms with Crippen molar-refractivity contribution in [2.24, 2.45) is 0 Å². The summed E-state index contributed by atoms with van der Waals surface area (Å²) in [7, 11) is 0. The van der Waals surface area contributed by atoms with Crippen LogP contribution in [0.4, 0.5) is 5.88 Å². The van der Waals surface area contributed by atoms with Gasteiger partial charge in [0.15, 0.2) is 0 Å². The summed E-state index contributed by atoms with van der Waals surface area (Å²) in [5.41, 5.74) is 9.33. The lowest BCUT2D eigenvalue weighted by Crippen LogP contribution is -1.89. The van der Waals surface area contributed by atoms with Gasteiger partial charge in [-0.2, -0.15) is 0 Å². The molecule has 0 atom stereocenters. The molecule has 4 nitrogen and oxygen atoms in total. The lowest BCUT2D eigenvalue weighted by atomic mass is 10.1. The summed E-state index contributed by atoms with van der Waals surface area (Å²) in [4.78, 5) is 5.32. The van der Waals surface area contributed by atoms with Crippen molar-refractivity contribution in [2.75, 3.05) is 5.73 Å². The molecule has 0 aliphatic rings. The first-order valence-corrected chi connectivity index (χ1v) is 6.36. The van der Waals surface area contributed by atoms with Crippen molar-refractivity contribution in [1.82, 2.24) is 10.1 Å². The van der Waals surface area contributed by atoms with Gasteiger partial charge in [-0.15, -0.1) is 11.3 Å². The molecule has 0 saturated carbocycles. The molecule has 0 saturated heterocycles. The molecule has 0 unspecified atom stereocenters. The van der Waals surface area contributed by atoms with Crippen LogP contribution in [0.25, 0.3) is 21.7 Å². The molecule has 0 spiro atoms. The second kappa shape index (κ2) is 4.27. The number of pyridine rings is 1. The van der Waals surface area contributed by atoms with Crippen LogP contribution in [0.3, 0.4) is 0 Å². The third-order valence-electron chi connectivity index (χ3n) is 2.75. The van der Waals surface area contributed by atoms with E-state index < -0.39 is 0 Å². The van der Waals surface area contributed by atoms with Crippen LogP contribution < -0.4 is 5.73 Å². The molecule has 0 aliphatic heterocycles. The Bertz CT molecular complexity index is 673. The van der Waals surface area contributed by atoms with Crippen molar-refractivity contribution in [1.29, 1.82) is 0 Å². The van der Waals surface area contributed by atoms with Gasteiger partial charge in [0.2, 0.25) is 5.88 Å². The number of thiophene rings is 1. The van der Waals surface area contributed by atoms with E-state index in [2.05, 4.69) is 10.1 Å². The molecule has 0 aromatic carbocycles. The summed E-state index contributed by atoms with van der Waals surface area (Å²) in [5.74, 6) is 0.343. The molecule has 90 valence electrons. The first kappa shape index (κ1) is 11.0. The molecule has 18 heavy (non-hydrogen) atoms. The maximum Gasteiger partial charge on any atom is 0.231 e. The summed E-state index contributed by atoms with van der Waals surface area (Å²) in [6.07, 6.45) is 1.76. The molecule has 0 bridgehead atoms. The van der Waals surface area contributed by atoms with Crippen molar-refractivity contribution >= 4 is 17.2 Å². The van der Waals surface area contributed by atoms with Crippen LogP contribution in [0, 0.1) is 6.92 Å². The van der Waals surface area contributed by atoms with Crippen LogP contribution in [0.2, 0.25) is 0 Å². The van der Waals surface area contributed by atoms with Gasteiger partial charge in [-0.1, -0.05) is 11.2 Å². The van der Waals surface area contributed by atoms with E-state index in [0.717, 1.165) is 27.4 Å². The maximum atomic E-state index is 5.88. The molecular weight excluding hydrogens is 246 g/mol. The van der Waals surface area contributed by atoms with E-state index in [9.17, 15) is 0 Å². The average Bonchev–Trinajstić information content (AvgIpc) is 2.98. The fraction of sp³-hybridized carbons (Fsp3) is 0.0769. The number of hydrogen-bond donors (Lipinski definition) is 1. The smallest absolute Gasteiger partial charge is 0.231 e. The Morgan fingerprint density at radius 2 is 2.17 bits per heavy atom. The second-order valence-electron chi connectivity index (χ2n) is 3.88. The van der Waals surface area contributed by atoms with Gasteiger partial charge in [0.05, 0.1) is 5.56 Å². The zero-order valence-electron chi connectivity index (χ0n) is 9.75. The van der Waals surface area contributed by atoms with E-state index in [1.165, 1.54) is 0 Å². The molecule has 0 aliphatic carbocycles. The van der Waals surface area contributed by atoms with Gasteiger partial charge in [-0.25, -0.2) is 0 Å². The van der Waals surface area contributed by atoms with Gasteiger partial charge in [0, 0.05) is 22.3 Å². The molecule has 5 heteroatoms. The lowest BCUT2D eigenvalue weighted by molar-refractivity contribution is 0.439. The third kappa shape index (κ3) is 1.69. The van der Waals surface area contributed by atoms with Crippen LogP contribution in [0.1, 0.15) is 5.69 Å². The predicted octanol–water partition coefficient (Wildman–Crippen LogP) is 3.36. The number of hydrogen-bond acceptors (Lipinski definition) is 5. The van der Waals surface area contributed by atoms with Gasteiger partial charge < -0.3 is 10.3 Å². The van der Waals surface area contributed by atoms with Gasteiger partial charge >= 0.3 is 0 Å². The highest BCUT2D eigenvalue weighted by molar-refractivity contribution is 7.13. The lowest BCUT2D eigenvalue weighted by Gasteiger charge is -2.02. The molecule has 0 radical (unpaired) electrons. The van der Waals surface area contributed by atoms with Crippen molar-refractivity contribution in [3.63, 3.8) is 0 Å². The van der Waals surface area contributed by atoms with Gasteiger partial charge in [-0.3, -0.25) is 4.98 Å². The molecular formula is C13H11N3OS. The largest absolute Gasteiger partial charge is 0.367 e. The SMILES string of the molecule is Cc1ncccc1-c1noc(N)c1-c1cccs1. The standard InChI is InChI=1S/C13H11N3OS/c1-8-9(4-2-6-15-8)12-11(13(14)17-16-12)10-5-3-7-18-10/h2-7H,14H2,1H3. The van der Waals surface area contributed by atoms with Crippen molar-refractivity contribution in [3.05, 3.63) is 41.5 Å². The van der Waals surface area contributed by atoms with Crippen LogP contribution >= 0.6 is 11.3 Å². The Morgan fingerprint density at radius 1 is 1.28 bits per heavy atom. The molecule has 2 N–H and O–H groups in total. The zero-order chi connectivity index (χ0) is 12.5. The Balaban J connectivity index is 2.23. The Morgan fingerprint density at radius 3 is 2.89 bits per heavy atom. The quantitative estimate of drug-likeness (QED) is 0.764. The molecule has 3 aromatic rings. The highest BCUT2D eigenvalue weighted by Crippen LogP contribution is 2.38. The molecule has 0 fully saturated rings. The Kier molecular flexibility index (Phi) is 2.60. The number of aryl methyl sites for hydroxylation is 1. The highest BCUT2D eigenvalue weighted by atomic mass is 32.1. The van der Waals surface area contributed by atoms with Crippen LogP contribution in [0.15, 0.2) is 40.4 Å². The fourth-order valence-corrected chi connectivity index (χ4v) is 2.66. The minimum Gasteiger partial charge on any atom is -0.367 e. The zero-order valence-corrected chi connectivity index (χ0v) is 10.6. The fourth-order valence-electron chi connectivity index (χ4n) is 1.88. The third-order valence-corrected chi connectivity index (χ3v) is 3.64. The number of nitrogens with zero attached hydrogens (tertiary/aromatic N) is 2. The topological polar surface area (TPSA) is 64.9 Å². The number of nitrogens with two attached hydrogens (primary N) is 1. The summed E-state index contributed by atoms with van der Waals surface area (Å²) in [6.45, 7) is 1.94. The Labute approximate surface area is 108 Å². The first-order valence-electron chi connectivity index (χ1n) is 5.48. The van der Waals surface area contributed by atoms with Crippen LogP contribution in [-0.2, 0) is 0 Å². The first-order chi connectivity index (χ1) is 8.77. The van der Waals surface area contributed by atoms with E-state index >= 15 is 0 Å². The number of nitrogen functional groups attached to an aromatic ring is 1. The summed E-state index contributed by atoms with van der Waals surface area (Å²) >= 11 is 1.61. The predicted molar refractivity (Wildman–Crippen MR) is 72.2 cm³/mol. The van der Waals surface area contributed by atoms with Crippen molar-refractivity contribution < 1.29 is 4.52 Å². The Hall–Kier alpha value is -2.14. The normalized spacial score (nSPS) is 10.7. The van der Waals surface area contributed by atoms with Gasteiger partial charge in [-0.05, 0) is 30.5 Å². The minimum absolute atomic E-state index is 0.343. The van der Waals surface area contributed by atoms with E-state index in [1.807, 2.05) is 36.6 Å². The number of anilines is 1. The van der Waals surface area contributed by atoms with Gasteiger partial charge in [0.1, 0.15) is 5.69 Å². The monoisotopic (exact) mass is 257 g/mol. The molecule has 3 rings (SSSR count). The van der Waals surface area contributed by atoms with Crippen LogP contribution in [-0.4, -0.2) is 10.1 Å². The van der Waals surface area contributed by atoms with Gasteiger partial charge in [0.25, 0.3) is 0 Å². The number of aromatic nitrogens is 2. The highest BCUT2D eigenvalue weighted by Gasteiger charge is 2.19. The van der Waals surface area contributed by atoms with E-state index in [0.29, 0.717) is 5.88 Å². The molecule has 3 aromatic heterocycles. The van der Waals surface area contributed by atoms with Crippen molar-refractivity contribution in [3.8, 4) is 21.7 Å². The van der Waals surface area contributed by atoms with Crippen molar-refractivity contribution in [2.45, 2.75) is 6.92 Å². The number of rotatable bonds is 2. The van der Waals surface area contributed by atoms with Crippen LogP contribution in [0.5, 0.6) is 0 Å². The molecule has 3 heterocycles. The summed E-state index contributed by atoms with van der Waals surface area (Å²) < 4.78 is 5.14. The van der Waals surface area contributed by atoms with E-state index in [-0.39, 0.29) is 0 Å².